The number of benzene rings is 4. The molecule has 4 bridgehead atoms. The maximum atomic E-state index is 15.4. The van der Waals surface area contributed by atoms with Crippen LogP contribution in [-0.4, -0.2) is 24.6 Å². The van der Waals surface area contributed by atoms with Crippen molar-refractivity contribution in [1.29, 1.82) is 5.26 Å². The van der Waals surface area contributed by atoms with Gasteiger partial charge in [-0.1, -0.05) is 78.9 Å². The number of carbonyl (C=O) groups excluding carboxylic acids is 3. The first-order valence-electron chi connectivity index (χ1n) is 13.9. The Balaban J connectivity index is 1.54. The highest BCUT2D eigenvalue weighted by Crippen LogP contribution is 2.68. The molecule has 5 aliphatic rings. The standard InChI is InChI=1S/C35H25NO5/c1-40-33(39)25(18-36)30-22-11-5-6-12-26(22)34-17-24-20-9-3-2-8-19(20)14-15-28(24)41-35(34)27-13-7-4-10-21(27)23(16-29(35)37)31(30)32(34)38/h2-15,23,25,30-31H,16-17H2,1H3/t23-,25?,30+,31+,34-,35+/m0/s1. The molecule has 2 spiro atoms. The van der Waals surface area contributed by atoms with Crippen LogP contribution >= 0.6 is 0 Å². The maximum Gasteiger partial charge on any atom is 0.323 e. The molecule has 6 heteroatoms. The number of hydrogen-bond donors (Lipinski definition) is 0. The molecule has 41 heavy (non-hydrogen) atoms. The molecule has 0 N–H and O–H groups in total. The summed E-state index contributed by atoms with van der Waals surface area (Å²) in [6.07, 6.45) is 0.354. The average molecular weight is 540 g/mol. The van der Waals surface area contributed by atoms with Crippen LogP contribution in [0.2, 0.25) is 0 Å². The van der Waals surface area contributed by atoms with Crippen LogP contribution in [0.3, 0.4) is 0 Å². The number of esters is 1. The first-order valence-corrected chi connectivity index (χ1v) is 13.9. The predicted molar refractivity (Wildman–Crippen MR) is 149 cm³/mol. The second kappa shape index (κ2) is 8.14. The number of nitrogens with zero attached hydrogens (tertiary/aromatic N) is 1. The number of rotatable bonds is 2. The number of ketones is 2. The Morgan fingerprint density at radius 1 is 0.951 bits per heavy atom. The molecule has 6 nitrogen and oxygen atoms in total. The minimum atomic E-state index is -1.57. The lowest BCUT2D eigenvalue weighted by molar-refractivity contribution is -0.155. The summed E-state index contributed by atoms with van der Waals surface area (Å²) in [6, 6.07) is 29.3. The van der Waals surface area contributed by atoms with E-state index in [0.717, 1.165) is 27.5 Å². The second-order valence-electron chi connectivity index (χ2n) is 11.6. The summed E-state index contributed by atoms with van der Waals surface area (Å²) >= 11 is 0. The van der Waals surface area contributed by atoms with Crippen LogP contribution in [0.5, 0.6) is 5.75 Å². The zero-order valence-corrected chi connectivity index (χ0v) is 22.3. The number of methoxy groups -OCH3 is 1. The Morgan fingerprint density at radius 3 is 2.44 bits per heavy atom. The quantitative estimate of drug-likeness (QED) is 0.322. The van der Waals surface area contributed by atoms with Gasteiger partial charge in [-0.25, -0.2) is 0 Å². The fraction of sp³-hybridized carbons (Fsp3) is 0.257. The van der Waals surface area contributed by atoms with Crippen LogP contribution in [0.15, 0.2) is 84.9 Å². The van der Waals surface area contributed by atoms with Gasteiger partial charge in [0.1, 0.15) is 11.2 Å². The van der Waals surface area contributed by atoms with Crippen LogP contribution in [0.1, 0.15) is 46.1 Å². The summed E-state index contributed by atoms with van der Waals surface area (Å²) in [5.41, 5.74) is 0.896. The summed E-state index contributed by atoms with van der Waals surface area (Å²) in [7, 11) is 1.26. The third-order valence-corrected chi connectivity index (χ3v) is 10.1. The van der Waals surface area contributed by atoms with Crippen molar-refractivity contribution in [3.63, 3.8) is 0 Å². The summed E-state index contributed by atoms with van der Waals surface area (Å²) in [5.74, 6) is -3.62. The normalized spacial score (nSPS) is 29.1. The molecule has 1 aliphatic heterocycles. The minimum absolute atomic E-state index is 0.0852. The third kappa shape index (κ3) is 2.69. The van der Waals surface area contributed by atoms with Crippen LogP contribution in [0.4, 0.5) is 0 Å². The van der Waals surface area contributed by atoms with Crippen molar-refractivity contribution in [3.8, 4) is 11.8 Å². The van der Waals surface area contributed by atoms with Crippen LogP contribution in [-0.2, 0) is 36.6 Å². The predicted octanol–water partition coefficient (Wildman–Crippen LogP) is 5.27. The van der Waals surface area contributed by atoms with E-state index in [1.54, 1.807) is 0 Å². The van der Waals surface area contributed by atoms with Gasteiger partial charge < -0.3 is 9.47 Å². The Hall–Kier alpha value is -4.76. The Bertz CT molecular complexity index is 1890. The number of ether oxygens (including phenoxy) is 2. The van der Waals surface area contributed by atoms with Gasteiger partial charge in [-0.05, 0) is 39.9 Å². The van der Waals surface area contributed by atoms with E-state index in [0.29, 0.717) is 16.9 Å². The molecule has 0 radical (unpaired) electrons. The lowest BCUT2D eigenvalue weighted by Crippen LogP contribution is -2.66. The van der Waals surface area contributed by atoms with Crippen molar-refractivity contribution in [2.75, 3.05) is 7.11 Å². The molecule has 0 aromatic heterocycles. The van der Waals surface area contributed by atoms with Gasteiger partial charge in [0.25, 0.3) is 0 Å². The second-order valence-corrected chi connectivity index (χ2v) is 11.6. The first kappa shape index (κ1) is 24.1. The van der Waals surface area contributed by atoms with Crippen molar-refractivity contribution in [2.24, 2.45) is 11.8 Å². The Kier molecular flexibility index (Phi) is 4.78. The molecule has 1 fully saturated rings. The lowest BCUT2D eigenvalue weighted by atomic mass is 9.51. The molecule has 0 amide bonds. The van der Waals surface area contributed by atoms with E-state index in [1.807, 2.05) is 84.9 Å². The molecule has 4 aliphatic carbocycles. The topological polar surface area (TPSA) is 93.5 Å². The van der Waals surface area contributed by atoms with Gasteiger partial charge in [-0.3, -0.25) is 14.4 Å². The van der Waals surface area contributed by atoms with E-state index >= 15 is 4.79 Å². The van der Waals surface area contributed by atoms with Gasteiger partial charge in [0.05, 0.1) is 13.2 Å². The molecule has 200 valence electrons. The largest absolute Gasteiger partial charge is 0.473 e. The van der Waals surface area contributed by atoms with Crippen LogP contribution in [0.25, 0.3) is 10.8 Å². The molecule has 9 rings (SSSR count). The van der Waals surface area contributed by atoms with E-state index in [-0.39, 0.29) is 24.4 Å². The minimum Gasteiger partial charge on any atom is -0.473 e. The van der Waals surface area contributed by atoms with E-state index in [9.17, 15) is 14.9 Å². The Morgan fingerprint density at radius 2 is 1.66 bits per heavy atom. The number of hydrogen-bond acceptors (Lipinski definition) is 6. The van der Waals surface area contributed by atoms with Gasteiger partial charge in [0.2, 0.25) is 5.60 Å². The van der Waals surface area contributed by atoms with Crippen LogP contribution in [0, 0.1) is 23.2 Å². The van der Waals surface area contributed by atoms with Crippen molar-refractivity contribution in [3.05, 3.63) is 113 Å². The monoisotopic (exact) mass is 539 g/mol. The smallest absolute Gasteiger partial charge is 0.323 e. The van der Waals surface area contributed by atoms with Crippen molar-refractivity contribution < 1.29 is 23.9 Å². The SMILES string of the molecule is COC(=O)C(C#N)[C@H]1c2ccccc2[C@]23Cc4c(ccc5ccccc45)O[C@]24C(=O)C[C@@H](c2ccccc24)[C@H]1C3=O. The highest BCUT2D eigenvalue weighted by Gasteiger charge is 2.75. The molecule has 0 saturated heterocycles. The van der Waals surface area contributed by atoms with Gasteiger partial charge in [-0.15, -0.1) is 0 Å². The fourth-order valence-corrected chi connectivity index (χ4v) is 8.60. The first-order chi connectivity index (χ1) is 20.0. The third-order valence-electron chi connectivity index (χ3n) is 10.1. The highest BCUT2D eigenvalue weighted by molar-refractivity contribution is 6.10. The van der Waals surface area contributed by atoms with Crippen LogP contribution < -0.4 is 4.74 Å². The van der Waals surface area contributed by atoms with E-state index in [1.165, 1.54) is 7.11 Å². The molecule has 6 atom stereocenters. The summed E-state index contributed by atoms with van der Waals surface area (Å²) in [6.45, 7) is 0. The summed E-state index contributed by atoms with van der Waals surface area (Å²) < 4.78 is 12.1. The summed E-state index contributed by atoms with van der Waals surface area (Å²) in [4.78, 5) is 43.1. The molecule has 1 saturated carbocycles. The van der Waals surface area contributed by atoms with Crippen molar-refractivity contribution in [1.82, 2.24) is 0 Å². The molecule has 4 aromatic rings. The molecule has 1 unspecified atom stereocenters. The van der Waals surface area contributed by atoms with E-state index in [2.05, 4.69) is 6.07 Å². The van der Waals surface area contributed by atoms with Gasteiger partial charge in [-0.2, -0.15) is 5.26 Å². The number of Topliss-reactive ketones (excluding diaryl/α,β-unsaturated/α-hetero) is 2. The van der Waals surface area contributed by atoms with E-state index in [4.69, 9.17) is 9.47 Å². The zero-order valence-electron chi connectivity index (χ0n) is 22.3. The van der Waals surface area contributed by atoms with E-state index < -0.39 is 40.7 Å². The highest BCUT2D eigenvalue weighted by atomic mass is 16.5. The molecular weight excluding hydrogens is 514 g/mol. The zero-order chi connectivity index (χ0) is 28.1. The maximum absolute atomic E-state index is 15.4. The lowest BCUT2D eigenvalue weighted by Gasteiger charge is -2.54. The molecule has 4 aromatic carbocycles. The average Bonchev–Trinajstić information content (AvgIpc) is 3.10. The van der Waals surface area contributed by atoms with Gasteiger partial charge in [0, 0.05) is 35.3 Å². The fourth-order valence-electron chi connectivity index (χ4n) is 8.60. The Labute approximate surface area is 236 Å². The number of nitriles is 1. The molecular formula is C35H25NO5. The van der Waals surface area contributed by atoms with Gasteiger partial charge in [0.15, 0.2) is 17.5 Å². The van der Waals surface area contributed by atoms with Crippen molar-refractivity contribution >= 4 is 28.3 Å². The van der Waals surface area contributed by atoms with Gasteiger partial charge >= 0.3 is 5.97 Å². The summed E-state index contributed by atoms with van der Waals surface area (Å²) in [5, 5.41) is 12.3. The number of fused-ring (bicyclic) bond motifs is 5. The number of carbonyl (C=O) groups is 3. The molecule has 1 heterocycles. The van der Waals surface area contributed by atoms with Crippen molar-refractivity contribution in [2.45, 2.75) is 35.7 Å².